The second-order valence-corrected chi connectivity index (χ2v) is 5.71. The Labute approximate surface area is 148 Å². The number of hydrogen-bond donors (Lipinski definition) is 3. The van der Waals surface area contributed by atoms with Crippen molar-refractivity contribution in [2.24, 2.45) is 5.84 Å². The van der Waals surface area contributed by atoms with Crippen molar-refractivity contribution in [2.45, 2.75) is 13.0 Å². The summed E-state index contributed by atoms with van der Waals surface area (Å²) in [6.07, 6.45) is -0.750. The smallest absolute Gasteiger partial charge is 0.274 e. The number of anilines is 1. The third kappa shape index (κ3) is 4.61. The Morgan fingerprint density at radius 1 is 1.12 bits per heavy atom. The zero-order chi connectivity index (χ0) is 17.7. The van der Waals surface area contributed by atoms with Crippen LogP contribution in [0.4, 0.5) is 5.69 Å². The minimum atomic E-state index is -0.750. The van der Waals surface area contributed by atoms with Crippen LogP contribution in [-0.4, -0.2) is 17.9 Å². The van der Waals surface area contributed by atoms with Crippen LogP contribution >= 0.6 is 23.2 Å². The van der Waals surface area contributed by atoms with Crippen LogP contribution in [0.1, 0.15) is 17.3 Å². The molecule has 0 saturated carbocycles. The molecule has 2 rings (SSSR count). The highest BCUT2D eigenvalue weighted by Gasteiger charge is 2.14. The third-order valence-electron chi connectivity index (χ3n) is 3.12. The van der Waals surface area contributed by atoms with Crippen LogP contribution in [-0.2, 0) is 4.79 Å². The monoisotopic (exact) mass is 367 g/mol. The van der Waals surface area contributed by atoms with Gasteiger partial charge in [0.15, 0.2) is 6.10 Å². The lowest BCUT2D eigenvalue weighted by atomic mass is 10.2. The van der Waals surface area contributed by atoms with Crippen LogP contribution in [0.25, 0.3) is 0 Å². The van der Waals surface area contributed by atoms with E-state index in [4.69, 9.17) is 33.8 Å². The van der Waals surface area contributed by atoms with Crippen molar-refractivity contribution in [3.63, 3.8) is 0 Å². The van der Waals surface area contributed by atoms with Crippen LogP contribution in [0.5, 0.6) is 5.75 Å². The summed E-state index contributed by atoms with van der Waals surface area (Å²) < 4.78 is 5.39. The van der Waals surface area contributed by atoms with E-state index in [0.717, 1.165) is 0 Å². The van der Waals surface area contributed by atoms with Gasteiger partial charge in [0, 0.05) is 10.6 Å². The molecule has 4 N–H and O–H groups in total. The van der Waals surface area contributed by atoms with E-state index in [1.54, 1.807) is 49.4 Å². The number of nitrogens with two attached hydrogens (primary N) is 1. The maximum Gasteiger partial charge on any atom is 0.274 e. The van der Waals surface area contributed by atoms with Crippen LogP contribution in [0.2, 0.25) is 10.0 Å². The molecular formula is C16H15Cl2N3O3. The Bertz CT molecular complexity index is 751. The lowest BCUT2D eigenvalue weighted by Gasteiger charge is -2.13. The molecule has 1 atom stereocenters. The van der Waals surface area contributed by atoms with E-state index in [9.17, 15) is 9.59 Å². The second-order valence-electron chi connectivity index (χ2n) is 4.87. The van der Waals surface area contributed by atoms with E-state index in [1.807, 2.05) is 5.43 Å². The zero-order valence-electron chi connectivity index (χ0n) is 12.7. The highest BCUT2D eigenvalue weighted by molar-refractivity contribution is 6.35. The number of carbonyl (C=O) groups excluding carboxylic acids is 2. The number of rotatable bonds is 5. The number of carbonyl (C=O) groups is 2. The van der Waals surface area contributed by atoms with E-state index < -0.39 is 12.0 Å². The largest absolute Gasteiger partial charge is 0.481 e. The predicted octanol–water partition coefficient (Wildman–Crippen LogP) is 3.00. The zero-order valence-corrected chi connectivity index (χ0v) is 14.2. The first kappa shape index (κ1) is 18.1. The molecule has 0 fully saturated rings. The van der Waals surface area contributed by atoms with E-state index >= 15 is 0 Å². The van der Waals surface area contributed by atoms with Crippen molar-refractivity contribution in [1.29, 1.82) is 0 Å². The van der Waals surface area contributed by atoms with Crippen molar-refractivity contribution in [3.05, 3.63) is 58.1 Å². The van der Waals surface area contributed by atoms with Gasteiger partial charge < -0.3 is 10.1 Å². The number of hydrazine groups is 1. The maximum absolute atomic E-state index is 12.2. The molecule has 0 bridgehead atoms. The highest BCUT2D eigenvalue weighted by Crippen LogP contribution is 2.26. The molecule has 0 heterocycles. The first-order chi connectivity index (χ1) is 11.4. The molecule has 0 aliphatic heterocycles. The van der Waals surface area contributed by atoms with E-state index in [1.165, 1.54) is 0 Å². The molecule has 2 aromatic rings. The Kier molecular flexibility index (Phi) is 6.03. The molecule has 6 nitrogen and oxygen atoms in total. The van der Waals surface area contributed by atoms with E-state index in [2.05, 4.69) is 5.32 Å². The summed E-state index contributed by atoms with van der Waals surface area (Å²) in [5.74, 6) is 4.67. The standard InChI is InChI=1S/C16H15Cl2N3O3/c1-9(15(22)21-19)24-12-5-2-10(3-6-12)16(23)20-14-8-11(17)4-7-13(14)18/h2-9H,19H2,1H3,(H,20,23)(H,21,22)/t9-/m0/s1. The number of amides is 2. The summed E-state index contributed by atoms with van der Waals surface area (Å²) in [6, 6.07) is 11.1. The Morgan fingerprint density at radius 3 is 2.42 bits per heavy atom. The minimum absolute atomic E-state index is 0.349. The number of halogens is 2. The van der Waals surface area contributed by atoms with Gasteiger partial charge in [0.2, 0.25) is 0 Å². The van der Waals surface area contributed by atoms with Crippen LogP contribution < -0.4 is 21.3 Å². The summed E-state index contributed by atoms with van der Waals surface area (Å²) in [5, 5.41) is 3.53. The van der Waals surface area contributed by atoms with Gasteiger partial charge in [0.25, 0.3) is 11.8 Å². The summed E-state index contributed by atoms with van der Waals surface area (Å²) in [4.78, 5) is 23.5. The molecule has 24 heavy (non-hydrogen) atoms. The average Bonchev–Trinajstić information content (AvgIpc) is 2.57. The average molecular weight is 368 g/mol. The molecule has 0 aliphatic rings. The SMILES string of the molecule is C[C@H](Oc1ccc(C(=O)Nc2cc(Cl)ccc2Cl)cc1)C(=O)NN. The van der Waals surface area contributed by atoms with Gasteiger partial charge in [-0.3, -0.25) is 15.0 Å². The normalized spacial score (nSPS) is 11.5. The number of hydrogen-bond acceptors (Lipinski definition) is 4. The fourth-order valence-electron chi connectivity index (χ4n) is 1.85. The molecule has 0 saturated heterocycles. The van der Waals surface area contributed by atoms with Crippen LogP contribution in [0, 0.1) is 0 Å². The fraction of sp³-hybridized carbons (Fsp3) is 0.125. The van der Waals surface area contributed by atoms with Crippen molar-refractivity contribution in [2.75, 3.05) is 5.32 Å². The molecule has 2 aromatic carbocycles. The van der Waals surface area contributed by atoms with Gasteiger partial charge in [-0.2, -0.15) is 0 Å². The second kappa shape index (κ2) is 8.01. The number of ether oxygens (including phenoxy) is 1. The number of benzene rings is 2. The molecule has 0 radical (unpaired) electrons. The van der Waals surface area contributed by atoms with Gasteiger partial charge in [0.1, 0.15) is 5.75 Å². The van der Waals surface area contributed by atoms with Crippen LogP contribution in [0.3, 0.4) is 0 Å². The molecule has 0 aromatic heterocycles. The van der Waals surface area contributed by atoms with Gasteiger partial charge in [-0.25, -0.2) is 5.84 Å². The van der Waals surface area contributed by atoms with Gasteiger partial charge in [0.05, 0.1) is 10.7 Å². The van der Waals surface area contributed by atoms with Gasteiger partial charge >= 0.3 is 0 Å². The van der Waals surface area contributed by atoms with E-state index in [0.29, 0.717) is 27.0 Å². The Hall–Kier alpha value is -2.28. The van der Waals surface area contributed by atoms with Gasteiger partial charge in [-0.1, -0.05) is 23.2 Å². The van der Waals surface area contributed by atoms with Crippen molar-refractivity contribution in [3.8, 4) is 5.75 Å². The van der Waals surface area contributed by atoms with Crippen molar-refractivity contribution < 1.29 is 14.3 Å². The summed E-state index contributed by atoms with van der Waals surface area (Å²) in [6.45, 7) is 1.56. The van der Waals surface area contributed by atoms with E-state index in [-0.39, 0.29) is 5.91 Å². The molecule has 2 amide bonds. The molecule has 126 valence electrons. The molecule has 0 spiro atoms. The Morgan fingerprint density at radius 2 is 1.79 bits per heavy atom. The lowest BCUT2D eigenvalue weighted by molar-refractivity contribution is -0.127. The lowest BCUT2D eigenvalue weighted by Crippen LogP contribution is -2.40. The minimum Gasteiger partial charge on any atom is -0.481 e. The summed E-state index contributed by atoms with van der Waals surface area (Å²) in [7, 11) is 0. The van der Waals surface area contributed by atoms with Crippen molar-refractivity contribution >= 4 is 40.7 Å². The molecular weight excluding hydrogens is 353 g/mol. The van der Waals surface area contributed by atoms with Gasteiger partial charge in [-0.15, -0.1) is 0 Å². The first-order valence-corrected chi connectivity index (χ1v) is 7.70. The maximum atomic E-state index is 12.2. The Balaban J connectivity index is 2.06. The van der Waals surface area contributed by atoms with Crippen molar-refractivity contribution in [1.82, 2.24) is 5.43 Å². The number of nitrogens with one attached hydrogen (secondary N) is 2. The van der Waals surface area contributed by atoms with Gasteiger partial charge in [-0.05, 0) is 49.4 Å². The molecule has 0 aliphatic carbocycles. The van der Waals surface area contributed by atoms with Crippen LogP contribution in [0.15, 0.2) is 42.5 Å². The fourth-order valence-corrected chi connectivity index (χ4v) is 2.18. The summed E-state index contributed by atoms with van der Waals surface area (Å²) >= 11 is 11.9. The summed E-state index contributed by atoms with van der Waals surface area (Å²) in [5.41, 5.74) is 2.82. The molecule has 8 heteroatoms. The highest BCUT2D eigenvalue weighted by atomic mass is 35.5. The third-order valence-corrected chi connectivity index (χ3v) is 3.68. The molecule has 0 unspecified atom stereocenters. The quantitative estimate of drug-likeness (QED) is 0.430. The first-order valence-electron chi connectivity index (χ1n) is 6.94. The predicted molar refractivity (Wildman–Crippen MR) is 93.3 cm³/mol. The topological polar surface area (TPSA) is 93.4 Å².